The van der Waals surface area contributed by atoms with Crippen LogP contribution in [0, 0.1) is 5.41 Å². The summed E-state index contributed by atoms with van der Waals surface area (Å²) in [5, 5.41) is 16.7. The zero-order valence-corrected chi connectivity index (χ0v) is 15.3. The van der Waals surface area contributed by atoms with E-state index in [1.807, 2.05) is 0 Å². The van der Waals surface area contributed by atoms with E-state index < -0.39 is 17.3 Å². The van der Waals surface area contributed by atoms with Gasteiger partial charge in [0.1, 0.15) is 0 Å². The molecule has 0 spiro atoms. The topological polar surface area (TPSA) is 98.3 Å². The quantitative estimate of drug-likeness (QED) is 0.860. The van der Waals surface area contributed by atoms with Crippen molar-refractivity contribution >= 4 is 40.8 Å². The lowest BCUT2D eigenvalue weighted by Gasteiger charge is -2.18. The Balaban J connectivity index is 2.24. The van der Waals surface area contributed by atoms with Crippen LogP contribution in [0.5, 0.6) is 0 Å². The molecular weight excluding hydrogens is 356 g/mol. The number of anilines is 2. The third kappa shape index (κ3) is 4.83. The van der Waals surface area contributed by atoms with Crippen LogP contribution in [0.2, 0.25) is 5.02 Å². The predicted octanol–water partition coefficient (Wildman–Crippen LogP) is 2.94. The Morgan fingerprint density at radius 1 is 1.00 bits per heavy atom. The fourth-order valence-corrected chi connectivity index (χ4v) is 2.22. The molecule has 0 fully saturated rings. The zero-order valence-electron chi connectivity index (χ0n) is 14.6. The highest BCUT2D eigenvalue weighted by molar-refractivity contribution is 6.31. The van der Waals surface area contributed by atoms with Gasteiger partial charge in [-0.15, -0.1) is 0 Å². The van der Waals surface area contributed by atoms with Crippen molar-refractivity contribution in [1.82, 2.24) is 0 Å². The number of amides is 2. The third-order valence-corrected chi connectivity index (χ3v) is 3.75. The smallest absolute Gasteiger partial charge is 0.255 e. The summed E-state index contributed by atoms with van der Waals surface area (Å²) in [5.74, 6) is -2.16. The number of aromatic carboxylic acids is 1. The van der Waals surface area contributed by atoms with E-state index in [1.165, 1.54) is 24.3 Å². The summed E-state index contributed by atoms with van der Waals surface area (Å²) in [6.07, 6.45) is 0. The molecular formula is C19H18ClN2O4-. The maximum Gasteiger partial charge on any atom is 0.255 e. The number of halogens is 1. The number of carbonyl (C=O) groups excluding carboxylic acids is 3. The van der Waals surface area contributed by atoms with Crippen LogP contribution >= 0.6 is 11.6 Å². The van der Waals surface area contributed by atoms with Gasteiger partial charge in [-0.25, -0.2) is 0 Å². The number of carboxylic acids is 1. The van der Waals surface area contributed by atoms with Gasteiger partial charge in [-0.3, -0.25) is 9.59 Å². The zero-order chi connectivity index (χ0) is 19.5. The van der Waals surface area contributed by atoms with Crippen molar-refractivity contribution in [2.24, 2.45) is 5.41 Å². The van der Waals surface area contributed by atoms with Crippen LogP contribution in [0.25, 0.3) is 0 Å². The van der Waals surface area contributed by atoms with Crippen molar-refractivity contribution in [3.63, 3.8) is 0 Å². The van der Waals surface area contributed by atoms with Gasteiger partial charge in [0.2, 0.25) is 5.91 Å². The van der Waals surface area contributed by atoms with Crippen LogP contribution in [0.4, 0.5) is 11.4 Å². The molecule has 0 aliphatic heterocycles. The van der Waals surface area contributed by atoms with Gasteiger partial charge in [0.25, 0.3) is 5.91 Å². The average molecular weight is 374 g/mol. The van der Waals surface area contributed by atoms with Gasteiger partial charge in [-0.2, -0.15) is 0 Å². The van der Waals surface area contributed by atoms with Gasteiger partial charge in [-0.05, 0) is 36.4 Å². The van der Waals surface area contributed by atoms with Crippen LogP contribution in [-0.4, -0.2) is 17.8 Å². The van der Waals surface area contributed by atoms with Gasteiger partial charge >= 0.3 is 0 Å². The molecule has 0 radical (unpaired) electrons. The second kappa shape index (κ2) is 7.58. The summed E-state index contributed by atoms with van der Waals surface area (Å²) < 4.78 is 0. The lowest BCUT2D eigenvalue weighted by atomic mass is 9.95. The highest BCUT2D eigenvalue weighted by Crippen LogP contribution is 2.22. The first-order valence-corrected chi connectivity index (χ1v) is 8.19. The first-order valence-electron chi connectivity index (χ1n) is 7.81. The fourth-order valence-electron chi connectivity index (χ4n) is 2.05. The van der Waals surface area contributed by atoms with E-state index in [4.69, 9.17) is 11.6 Å². The highest BCUT2D eigenvalue weighted by atomic mass is 35.5. The molecule has 0 saturated heterocycles. The maximum atomic E-state index is 12.5. The molecule has 0 aliphatic rings. The lowest BCUT2D eigenvalue weighted by Crippen LogP contribution is -2.27. The molecule has 0 bridgehead atoms. The molecule has 136 valence electrons. The van der Waals surface area contributed by atoms with Gasteiger partial charge in [0.05, 0.1) is 11.7 Å². The Kier molecular flexibility index (Phi) is 5.67. The van der Waals surface area contributed by atoms with Crippen LogP contribution in [0.3, 0.4) is 0 Å². The molecule has 0 aromatic heterocycles. The van der Waals surface area contributed by atoms with Gasteiger partial charge in [0.15, 0.2) is 0 Å². The van der Waals surface area contributed by atoms with Crippen LogP contribution in [-0.2, 0) is 4.79 Å². The fraction of sp³-hybridized carbons (Fsp3) is 0.211. The number of carbonyl (C=O) groups is 3. The number of rotatable bonds is 4. The Labute approximate surface area is 156 Å². The molecule has 2 aromatic rings. The Morgan fingerprint density at radius 3 is 2.31 bits per heavy atom. The summed E-state index contributed by atoms with van der Waals surface area (Å²) in [7, 11) is 0. The average Bonchev–Trinajstić information content (AvgIpc) is 2.54. The number of hydrogen-bond donors (Lipinski definition) is 2. The Bertz CT molecular complexity index is 872. The molecule has 6 nitrogen and oxygen atoms in total. The summed E-state index contributed by atoms with van der Waals surface area (Å²) in [5.41, 5.74) is -0.0149. The monoisotopic (exact) mass is 373 g/mol. The second-order valence-electron chi connectivity index (χ2n) is 6.72. The molecule has 2 N–H and O–H groups in total. The SMILES string of the molecule is CC(C)(C)C(=O)Nc1cccc(C(=O)Nc2cc(Cl)ccc2C(=O)[O-])c1. The van der Waals surface area contributed by atoms with Crippen LogP contribution in [0.1, 0.15) is 41.5 Å². The summed E-state index contributed by atoms with van der Waals surface area (Å²) in [4.78, 5) is 35.7. The van der Waals surface area contributed by atoms with E-state index in [0.29, 0.717) is 5.69 Å². The van der Waals surface area contributed by atoms with Crippen LogP contribution < -0.4 is 15.7 Å². The molecule has 0 saturated carbocycles. The molecule has 26 heavy (non-hydrogen) atoms. The number of carboxylic acid groups (broad SMARTS) is 1. The molecule has 2 rings (SSSR count). The van der Waals surface area contributed by atoms with Gasteiger partial charge in [-0.1, -0.05) is 38.4 Å². The maximum absolute atomic E-state index is 12.5. The first kappa shape index (κ1) is 19.5. The van der Waals surface area contributed by atoms with Gasteiger partial charge in [0, 0.05) is 27.3 Å². The van der Waals surface area contributed by atoms with E-state index in [0.717, 1.165) is 0 Å². The van der Waals surface area contributed by atoms with Crippen molar-refractivity contribution in [2.45, 2.75) is 20.8 Å². The number of nitrogens with one attached hydrogen (secondary N) is 2. The number of benzene rings is 2. The third-order valence-electron chi connectivity index (χ3n) is 3.51. The minimum atomic E-state index is -1.43. The Morgan fingerprint density at radius 2 is 1.69 bits per heavy atom. The minimum absolute atomic E-state index is 0.0339. The van der Waals surface area contributed by atoms with E-state index in [-0.39, 0.29) is 27.7 Å². The molecule has 7 heteroatoms. The van der Waals surface area contributed by atoms with Crippen molar-refractivity contribution in [3.8, 4) is 0 Å². The minimum Gasteiger partial charge on any atom is -0.545 e. The second-order valence-corrected chi connectivity index (χ2v) is 7.15. The van der Waals surface area contributed by atoms with E-state index in [2.05, 4.69) is 10.6 Å². The van der Waals surface area contributed by atoms with Crippen molar-refractivity contribution < 1.29 is 19.5 Å². The first-order chi connectivity index (χ1) is 12.1. The van der Waals surface area contributed by atoms with Crippen molar-refractivity contribution in [2.75, 3.05) is 10.6 Å². The van der Waals surface area contributed by atoms with E-state index in [1.54, 1.807) is 39.0 Å². The van der Waals surface area contributed by atoms with Crippen molar-refractivity contribution in [1.29, 1.82) is 0 Å². The summed E-state index contributed by atoms with van der Waals surface area (Å²) in [6, 6.07) is 10.3. The normalized spacial score (nSPS) is 10.9. The molecule has 0 aliphatic carbocycles. The van der Waals surface area contributed by atoms with Crippen LogP contribution in [0.15, 0.2) is 42.5 Å². The Hall–Kier alpha value is -2.86. The highest BCUT2D eigenvalue weighted by Gasteiger charge is 2.21. The largest absolute Gasteiger partial charge is 0.545 e. The predicted molar refractivity (Wildman–Crippen MR) is 98.3 cm³/mol. The molecule has 2 amide bonds. The summed E-state index contributed by atoms with van der Waals surface area (Å²) >= 11 is 5.86. The van der Waals surface area contributed by atoms with Gasteiger partial charge < -0.3 is 20.5 Å². The molecule has 0 heterocycles. The molecule has 0 atom stereocenters. The standard InChI is InChI=1S/C19H19ClN2O4/c1-19(2,3)18(26)21-13-6-4-5-11(9-13)16(23)22-15-10-12(20)7-8-14(15)17(24)25/h4-10H,1-3H3,(H,21,26)(H,22,23)(H,24,25)/p-1. The number of hydrogen-bond acceptors (Lipinski definition) is 4. The summed E-state index contributed by atoms with van der Waals surface area (Å²) in [6.45, 7) is 5.33. The molecule has 2 aromatic carbocycles. The lowest BCUT2D eigenvalue weighted by molar-refractivity contribution is -0.254. The van der Waals surface area contributed by atoms with E-state index >= 15 is 0 Å². The molecule has 0 unspecified atom stereocenters. The van der Waals surface area contributed by atoms with Crippen molar-refractivity contribution in [3.05, 3.63) is 58.6 Å². The van der Waals surface area contributed by atoms with E-state index in [9.17, 15) is 19.5 Å².